The van der Waals surface area contributed by atoms with Crippen LogP contribution >= 0.6 is 0 Å². The van der Waals surface area contributed by atoms with Gasteiger partial charge in [-0.05, 0) is 51.4 Å². The molecule has 1 fully saturated rings. The molecule has 0 aliphatic carbocycles. The molecule has 1 aliphatic rings. The van der Waals surface area contributed by atoms with Crippen LogP contribution in [0.3, 0.4) is 0 Å². The summed E-state index contributed by atoms with van der Waals surface area (Å²) < 4.78 is 11.2. The molecule has 1 saturated heterocycles. The minimum atomic E-state index is -1.67. The number of amides is 1. The minimum Gasteiger partial charge on any atom is -0.394 e. The van der Waals surface area contributed by atoms with Crippen LogP contribution in [-0.2, 0) is 14.3 Å². The zero-order valence-electron chi connectivity index (χ0n) is 53.0. The predicted molar refractivity (Wildman–Crippen MR) is 339 cm³/mol. The van der Waals surface area contributed by atoms with Gasteiger partial charge in [0.15, 0.2) is 6.29 Å². The summed E-state index contributed by atoms with van der Waals surface area (Å²) >= 11 is 0. The third-order valence-corrected chi connectivity index (χ3v) is 17.2. The average Bonchev–Trinajstić information content (AvgIpc) is 3.51. The van der Waals surface area contributed by atoms with Gasteiger partial charge in [0.05, 0.1) is 25.4 Å². The normalized spacial score (nSPS) is 19.2. The van der Waals surface area contributed by atoms with Gasteiger partial charge in [0, 0.05) is 0 Å². The van der Waals surface area contributed by atoms with E-state index in [2.05, 4.69) is 43.5 Å². The van der Waals surface area contributed by atoms with Crippen LogP contribution in [0.1, 0.15) is 348 Å². The van der Waals surface area contributed by atoms with E-state index in [4.69, 9.17) is 9.47 Å². The van der Waals surface area contributed by atoms with Gasteiger partial charge in [-0.25, -0.2) is 0 Å². The number of carbonyl (C=O) groups excluding carboxylic acids is 1. The van der Waals surface area contributed by atoms with Crippen LogP contribution in [0, 0.1) is 0 Å². The number of unbranched alkanes of at least 4 members (excludes halogenated alkanes) is 46. The van der Waals surface area contributed by atoms with Crippen molar-refractivity contribution in [1.82, 2.24) is 5.32 Å². The van der Waals surface area contributed by atoms with Gasteiger partial charge in [-0.2, -0.15) is 0 Å². The van der Waals surface area contributed by atoms with Gasteiger partial charge >= 0.3 is 0 Å². The summed E-state index contributed by atoms with van der Waals surface area (Å²) in [5.74, 6) is -0.703. The lowest BCUT2D eigenvalue weighted by atomic mass is 9.98. The maximum Gasteiger partial charge on any atom is 0.249 e. The molecule has 0 spiro atoms. The van der Waals surface area contributed by atoms with Crippen molar-refractivity contribution in [1.29, 1.82) is 0 Å². The Morgan fingerprint density at radius 2 is 0.741 bits per heavy atom. The Bertz CT molecular complexity index is 1370. The van der Waals surface area contributed by atoms with E-state index in [0.29, 0.717) is 19.3 Å². The fraction of sp³-hybridized carbons (Fsp3) is 0.929. The van der Waals surface area contributed by atoms with E-state index in [1.54, 1.807) is 0 Å². The molecule has 1 amide bonds. The fourth-order valence-corrected chi connectivity index (χ4v) is 11.6. The molecule has 0 saturated carbocycles. The standard InChI is InChI=1S/C70H135NO10/c1-3-5-7-9-11-13-15-17-19-21-23-25-27-29-30-31-32-33-34-36-38-40-42-44-46-48-50-52-54-56-58-63(74)69(79)71-61(60-80-70-68(78)67(77)66(76)64(59-72)81-70)65(75)62(73)57-55-53-51-49-47-45-43-41-39-37-35-28-26-24-22-20-18-16-14-12-10-8-6-4-2/h41,43,49,51,61-68,70,72-78H,3-40,42,44-48,50,52-60H2,1-2H3,(H,71,79)/b43-41+,51-49+. The van der Waals surface area contributed by atoms with Crippen LogP contribution in [0.4, 0.5) is 0 Å². The van der Waals surface area contributed by atoms with E-state index in [0.717, 1.165) is 38.5 Å². The monoisotopic (exact) mass is 1150 g/mol. The number of aliphatic hydroxyl groups is 7. The zero-order valence-corrected chi connectivity index (χ0v) is 53.0. The minimum absolute atomic E-state index is 0.249. The van der Waals surface area contributed by atoms with Crippen LogP contribution in [-0.4, -0.2) is 110 Å². The summed E-state index contributed by atoms with van der Waals surface area (Å²) in [6, 6.07) is -1.19. The lowest BCUT2D eigenvalue weighted by Gasteiger charge is -2.40. The molecule has 0 aromatic carbocycles. The predicted octanol–water partition coefficient (Wildman–Crippen LogP) is 16.8. The van der Waals surface area contributed by atoms with Crippen molar-refractivity contribution in [3.8, 4) is 0 Å². The van der Waals surface area contributed by atoms with Gasteiger partial charge < -0.3 is 50.5 Å². The highest BCUT2D eigenvalue weighted by molar-refractivity contribution is 5.80. The SMILES string of the molecule is CCCCCCCCCCCCCCCCC/C=C/CC/C=C/CCCC(O)C(O)C(COC1OC(CO)C(O)C(O)C1O)NC(=O)C(O)CCCCCCCCCCCCCCCCCCCCCCCCCCCCCCCC. The van der Waals surface area contributed by atoms with Crippen molar-refractivity contribution in [2.24, 2.45) is 0 Å². The lowest BCUT2D eigenvalue weighted by molar-refractivity contribution is -0.303. The number of hydrogen-bond donors (Lipinski definition) is 8. The smallest absolute Gasteiger partial charge is 0.249 e. The van der Waals surface area contributed by atoms with Crippen molar-refractivity contribution < 1.29 is 50.0 Å². The number of carbonyl (C=O) groups is 1. The Balaban J connectivity index is 2.21. The van der Waals surface area contributed by atoms with Gasteiger partial charge in [-0.15, -0.1) is 0 Å². The molecule has 0 aromatic rings. The summed E-state index contributed by atoms with van der Waals surface area (Å²) in [6.07, 6.45) is 62.7. The number of aliphatic hydroxyl groups excluding tert-OH is 7. The van der Waals surface area contributed by atoms with Crippen molar-refractivity contribution in [2.45, 2.75) is 403 Å². The maximum absolute atomic E-state index is 13.2. The third kappa shape index (κ3) is 46.5. The highest BCUT2D eigenvalue weighted by atomic mass is 16.7. The van der Waals surface area contributed by atoms with Crippen LogP contribution < -0.4 is 5.32 Å². The molecule has 81 heavy (non-hydrogen) atoms. The molecule has 8 N–H and O–H groups in total. The Labute approximate surface area is 499 Å². The molecular weight excluding hydrogens is 1010 g/mol. The van der Waals surface area contributed by atoms with E-state index in [1.165, 1.54) is 263 Å². The second-order valence-electron chi connectivity index (χ2n) is 25.0. The van der Waals surface area contributed by atoms with E-state index >= 15 is 0 Å². The number of rotatable bonds is 62. The quantitative estimate of drug-likeness (QED) is 0.0215. The summed E-state index contributed by atoms with van der Waals surface area (Å²) in [5, 5.41) is 76.4. The topological polar surface area (TPSA) is 189 Å². The maximum atomic E-state index is 13.2. The van der Waals surface area contributed by atoms with Crippen molar-refractivity contribution in [2.75, 3.05) is 13.2 Å². The molecule has 0 bridgehead atoms. The van der Waals surface area contributed by atoms with Crippen molar-refractivity contribution in [3.05, 3.63) is 24.3 Å². The Morgan fingerprint density at radius 1 is 0.420 bits per heavy atom. The highest BCUT2D eigenvalue weighted by Crippen LogP contribution is 2.24. The highest BCUT2D eigenvalue weighted by Gasteiger charge is 2.44. The van der Waals surface area contributed by atoms with Crippen molar-refractivity contribution >= 4 is 5.91 Å². The number of ether oxygens (including phenoxy) is 2. The molecule has 1 heterocycles. The van der Waals surface area contributed by atoms with Crippen LogP contribution in [0.5, 0.6) is 0 Å². The molecule has 11 nitrogen and oxygen atoms in total. The van der Waals surface area contributed by atoms with Gasteiger partial charge in [-0.3, -0.25) is 4.79 Å². The first kappa shape index (κ1) is 77.6. The van der Waals surface area contributed by atoms with Gasteiger partial charge in [-0.1, -0.05) is 321 Å². The number of allylic oxidation sites excluding steroid dienone is 4. The lowest BCUT2D eigenvalue weighted by Crippen LogP contribution is -2.60. The third-order valence-electron chi connectivity index (χ3n) is 17.2. The van der Waals surface area contributed by atoms with Crippen LogP contribution in [0.25, 0.3) is 0 Å². The molecule has 9 atom stereocenters. The second-order valence-corrected chi connectivity index (χ2v) is 25.0. The molecule has 11 heteroatoms. The molecule has 0 aromatic heterocycles. The zero-order chi connectivity index (χ0) is 58.9. The Hall–Kier alpha value is -1.41. The summed E-state index contributed by atoms with van der Waals surface area (Å²) in [5.41, 5.74) is 0. The number of nitrogens with one attached hydrogen (secondary N) is 1. The molecule has 1 rings (SSSR count). The van der Waals surface area contributed by atoms with Gasteiger partial charge in [0.1, 0.15) is 36.6 Å². The molecule has 0 radical (unpaired) electrons. The molecule has 480 valence electrons. The Morgan fingerprint density at radius 3 is 1.10 bits per heavy atom. The molecule has 1 aliphatic heterocycles. The van der Waals surface area contributed by atoms with Crippen LogP contribution in [0.15, 0.2) is 24.3 Å². The summed E-state index contributed by atoms with van der Waals surface area (Å²) in [7, 11) is 0. The van der Waals surface area contributed by atoms with Crippen molar-refractivity contribution in [3.63, 3.8) is 0 Å². The first-order valence-corrected chi connectivity index (χ1v) is 35.2. The van der Waals surface area contributed by atoms with E-state index in [-0.39, 0.29) is 12.8 Å². The first-order valence-electron chi connectivity index (χ1n) is 35.2. The fourth-order valence-electron chi connectivity index (χ4n) is 11.6. The summed E-state index contributed by atoms with van der Waals surface area (Å²) in [4.78, 5) is 13.2. The second kappa shape index (κ2) is 58.9. The summed E-state index contributed by atoms with van der Waals surface area (Å²) in [6.45, 7) is 3.50. The van der Waals surface area contributed by atoms with E-state index in [1.807, 2.05) is 0 Å². The van der Waals surface area contributed by atoms with Gasteiger partial charge in [0.2, 0.25) is 5.91 Å². The molecule has 9 unspecified atom stereocenters. The van der Waals surface area contributed by atoms with E-state index in [9.17, 15) is 40.5 Å². The van der Waals surface area contributed by atoms with Crippen LogP contribution in [0.2, 0.25) is 0 Å². The van der Waals surface area contributed by atoms with E-state index < -0.39 is 74.2 Å². The Kier molecular flexibility index (Phi) is 56.5. The first-order chi connectivity index (χ1) is 39.7. The average molecular weight is 1150 g/mol. The number of hydrogen-bond acceptors (Lipinski definition) is 10. The molecular formula is C70H135NO10. The van der Waals surface area contributed by atoms with Gasteiger partial charge in [0.25, 0.3) is 0 Å². The largest absolute Gasteiger partial charge is 0.394 e.